The maximum Gasteiger partial charge on any atom is 0.0292 e. The van der Waals surface area contributed by atoms with Crippen LogP contribution in [-0.4, -0.2) is 6.04 Å². The predicted octanol–water partition coefficient (Wildman–Crippen LogP) is 4.28. The molecule has 0 heterocycles. The monoisotopic (exact) mass is 235 g/mol. The summed E-state index contributed by atoms with van der Waals surface area (Å²) in [6.45, 7) is 9.50. The first kappa shape index (κ1) is 13.1. The van der Waals surface area contributed by atoms with E-state index in [0.717, 1.165) is 0 Å². The zero-order chi connectivity index (χ0) is 12.7. The molecule has 17 heavy (non-hydrogen) atoms. The third kappa shape index (κ3) is 2.19. The van der Waals surface area contributed by atoms with Crippen LogP contribution in [0.5, 0.6) is 0 Å². The lowest BCUT2D eigenvalue weighted by Crippen LogP contribution is -2.28. The summed E-state index contributed by atoms with van der Waals surface area (Å²) in [6.07, 6.45) is 10.4. The molecular weight excluding hydrogens is 206 g/mol. The summed E-state index contributed by atoms with van der Waals surface area (Å²) in [5.74, 6) is 0.667. The van der Waals surface area contributed by atoms with Crippen molar-refractivity contribution < 1.29 is 0 Å². The van der Waals surface area contributed by atoms with Crippen LogP contribution >= 0.6 is 0 Å². The minimum absolute atomic E-state index is 0.304. The van der Waals surface area contributed by atoms with E-state index < -0.39 is 0 Å². The van der Waals surface area contributed by atoms with Crippen LogP contribution in [0.4, 0.5) is 0 Å². The number of allylic oxidation sites excluding steroid dienone is 1. The SMILES string of the molecule is CC1(C)C(C(N)C2=CCCCCCC2)C1(C)C. The van der Waals surface area contributed by atoms with Crippen molar-refractivity contribution in [2.75, 3.05) is 0 Å². The summed E-state index contributed by atoms with van der Waals surface area (Å²) in [6, 6.07) is 0.304. The van der Waals surface area contributed by atoms with E-state index in [9.17, 15) is 0 Å². The maximum atomic E-state index is 6.56. The number of hydrogen-bond donors (Lipinski definition) is 1. The van der Waals surface area contributed by atoms with Gasteiger partial charge in [0, 0.05) is 6.04 Å². The Morgan fingerprint density at radius 3 is 2.24 bits per heavy atom. The molecule has 1 heteroatoms. The molecule has 2 N–H and O–H groups in total. The average Bonchev–Trinajstić information content (AvgIpc) is 2.55. The molecule has 2 rings (SSSR count). The van der Waals surface area contributed by atoms with E-state index >= 15 is 0 Å². The molecule has 0 radical (unpaired) electrons. The van der Waals surface area contributed by atoms with Crippen molar-refractivity contribution >= 4 is 0 Å². The van der Waals surface area contributed by atoms with E-state index in [4.69, 9.17) is 5.73 Å². The minimum atomic E-state index is 0.304. The first-order chi connectivity index (χ1) is 7.89. The van der Waals surface area contributed by atoms with Gasteiger partial charge in [-0.25, -0.2) is 0 Å². The fraction of sp³-hybridized carbons (Fsp3) is 0.875. The van der Waals surface area contributed by atoms with Gasteiger partial charge in [0.2, 0.25) is 0 Å². The molecule has 2 aliphatic carbocycles. The van der Waals surface area contributed by atoms with Crippen LogP contribution in [0.25, 0.3) is 0 Å². The van der Waals surface area contributed by atoms with Crippen molar-refractivity contribution in [2.24, 2.45) is 22.5 Å². The highest BCUT2D eigenvalue weighted by Crippen LogP contribution is 2.70. The largest absolute Gasteiger partial charge is 0.324 e. The first-order valence-corrected chi connectivity index (χ1v) is 7.33. The van der Waals surface area contributed by atoms with Crippen molar-refractivity contribution in [3.05, 3.63) is 11.6 Å². The van der Waals surface area contributed by atoms with Gasteiger partial charge in [-0.3, -0.25) is 0 Å². The molecule has 0 amide bonds. The Labute approximate surface area is 107 Å². The average molecular weight is 235 g/mol. The summed E-state index contributed by atoms with van der Waals surface area (Å²) >= 11 is 0. The van der Waals surface area contributed by atoms with Crippen molar-refractivity contribution in [1.29, 1.82) is 0 Å². The van der Waals surface area contributed by atoms with Gasteiger partial charge in [-0.05, 0) is 42.4 Å². The number of nitrogens with two attached hydrogens (primary N) is 1. The van der Waals surface area contributed by atoms with E-state index in [0.29, 0.717) is 22.8 Å². The van der Waals surface area contributed by atoms with Crippen molar-refractivity contribution in [1.82, 2.24) is 0 Å². The van der Waals surface area contributed by atoms with Crippen LogP contribution in [0.1, 0.15) is 66.2 Å². The Morgan fingerprint density at radius 1 is 1.06 bits per heavy atom. The van der Waals surface area contributed by atoms with Gasteiger partial charge < -0.3 is 5.73 Å². The minimum Gasteiger partial charge on any atom is -0.324 e. The molecule has 1 atom stereocenters. The molecule has 0 bridgehead atoms. The zero-order valence-electron chi connectivity index (χ0n) is 12.1. The van der Waals surface area contributed by atoms with Crippen LogP contribution < -0.4 is 5.73 Å². The molecule has 1 fully saturated rings. The second-order valence-corrected chi connectivity index (χ2v) is 7.18. The summed E-state index contributed by atoms with van der Waals surface area (Å²) in [7, 11) is 0. The van der Waals surface area contributed by atoms with Crippen molar-refractivity contribution in [3.8, 4) is 0 Å². The fourth-order valence-corrected chi connectivity index (χ4v) is 3.88. The summed E-state index contributed by atoms with van der Waals surface area (Å²) in [5.41, 5.74) is 8.93. The summed E-state index contributed by atoms with van der Waals surface area (Å²) < 4.78 is 0. The summed E-state index contributed by atoms with van der Waals surface area (Å²) in [5, 5.41) is 0. The highest BCUT2D eigenvalue weighted by atomic mass is 14.8. The van der Waals surface area contributed by atoms with Gasteiger partial charge in [0.1, 0.15) is 0 Å². The normalized spacial score (nSPS) is 30.1. The predicted molar refractivity (Wildman–Crippen MR) is 74.8 cm³/mol. The van der Waals surface area contributed by atoms with Gasteiger partial charge in [-0.1, -0.05) is 52.2 Å². The molecule has 0 spiro atoms. The fourth-order valence-electron chi connectivity index (χ4n) is 3.88. The quantitative estimate of drug-likeness (QED) is 0.710. The van der Waals surface area contributed by atoms with Crippen LogP contribution in [0.15, 0.2) is 11.6 Å². The third-order valence-electron chi connectivity index (χ3n) is 5.75. The first-order valence-electron chi connectivity index (χ1n) is 7.33. The Hall–Kier alpha value is -0.300. The Morgan fingerprint density at radius 2 is 1.65 bits per heavy atom. The third-order valence-corrected chi connectivity index (χ3v) is 5.75. The van der Waals surface area contributed by atoms with Crippen LogP contribution in [0.2, 0.25) is 0 Å². The lowest BCUT2D eigenvalue weighted by atomic mass is 9.90. The van der Waals surface area contributed by atoms with E-state index in [2.05, 4.69) is 33.8 Å². The highest BCUT2D eigenvalue weighted by molar-refractivity contribution is 5.25. The van der Waals surface area contributed by atoms with Gasteiger partial charge in [-0.15, -0.1) is 0 Å². The molecule has 0 aromatic rings. The smallest absolute Gasteiger partial charge is 0.0292 e. The second kappa shape index (κ2) is 4.42. The van der Waals surface area contributed by atoms with Gasteiger partial charge in [0.15, 0.2) is 0 Å². The lowest BCUT2D eigenvalue weighted by molar-refractivity contribution is 0.457. The Bertz CT molecular complexity index is 297. The standard InChI is InChI=1S/C16H29N/c1-15(2)14(16(15,3)4)13(17)12-10-8-6-5-7-9-11-12/h10,13-14H,5-9,11,17H2,1-4H3. The topological polar surface area (TPSA) is 26.0 Å². The molecule has 1 saturated carbocycles. The highest BCUT2D eigenvalue weighted by Gasteiger charge is 2.66. The maximum absolute atomic E-state index is 6.56. The molecule has 0 aromatic carbocycles. The Balaban J connectivity index is 2.07. The second-order valence-electron chi connectivity index (χ2n) is 7.18. The van der Waals surface area contributed by atoms with E-state index in [1.807, 2.05) is 0 Å². The molecule has 2 aliphatic rings. The summed E-state index contributed by atoms with van der Waals surface area (Å²) in [4.78, 5) is 0. The van der Waals surface area contributed by atoms with Crippen molar-refractivity contribution in [3.63, 3.8) is 0 Å². The van der Waals surface area contributed by atoms with Gasteiger partial charge in [0.25, 0.3) is 0 Å². The van der Waals surface area contributed by atoms with Gasteiger partial charge in [0.05, 0.1) is 0 Å². The molecule has 1 unspecified atom stereocenters. The molecule has 98 valence electrons. The Kier molecular flexibility index (Phi) is 3.42. The van der Waals surface area contributed by atoms with Crippen LogP contribution in [0.3, 0.4) is 0 Å². The molecule has 0 aromatic heterocycles. The number of hydrogen-bond acceptors (Lipinski definition) is 1. The molecule has 1 nitrogen and oxygen atoms in total. The van der Waals surface area contributed by atoms with Gasteiger partial charge >= 0.3 is 0 Å². The van der Waals surface area contributed by atoms with E-state index in [1.165, 1.54) is 38.5 Å². The number of rotatable bonds is 2. The lowest BCUT2D eigenvalue weighted by Gasteiger charge is -2.20. The van der Waals surface area contributed by atoms with E-state index in [-0.39, 0.29) is 0 Å². The zero-order valence-corrected chi connectivity index (χ0v) is 12.1. The molecule has 0 aliphatic heterocycles. The van der Waals surface area contributed by atoms with E-state index in [1.54, 1.807) is 5.57 Å². The molecule has 0 saturated heterocycles. The van der Waals surface area contributed by atoms with Crippen LogP contribution in [0, 0.1) is 16.7 Å². The van der Waals surface area contributed by atoms with Gasteiger partial charge in [-0.2, -0.15) is 0 Å². The molecular formula is C16H29N. The van der Waals surface area contributed by atoms with Crippen LogP contribution in [-0.2, 0) is 0 Å². The van der Waals surface area contributed by atoms with Crippen molar-refractivity contribution in [2.45, 2.75) is 72.3 Å².